The predicted octanol–water partition coefficient (Wildman–Crippen LogP) is -3.52. The third-order valence-electron chi connectivity index (χ3n) is 3.37. The van der Waals surface area contributed by atoms with Crippen molar-refractivity contribution >= 4 is 7.60 Å². The van der Waals surface area contributed by atoms with Crippen molar-refractivity contribution in [2.45, 2.75) is 24.0 Å². The zero-order chi connectivity index (χ0) is 16.7. The van der Waals surface area contributed by atoms with Gasteiger partial charge in [-0.05, 0) is 0 Å². The van der Waals surface area contributed by atoms with Gasteiger partial charge in [0.1, 0.15) is 24.5 Å². The normalized spacial score (nSPS) is 32.3. The van der Waals surface area contributed by atoms with Gasteiger partial charge in [-0.25, -0.2) is 4.79 Å². The van der Waals surface area contributed by atoms with Crippen molar-refractivity contribution in [3.05, 3.63) is 33.1 Å². The second-order valence-corrected chi connectivity index (χ2v) is 6.57. The molecule has 0 bridgehead atoms. The summed E-state index contributed by atoms with van der Waals surface area (Å²) in [7, 11) is -4.81. The molecule has 2 heterocycles. The molecule has 2 rings (SSSR count). The molecule has 0 radical (unpaired) electrons. The second-order valence-electron chi connectivity index (χ2n) is 4.92. The summed E-state index contributed by atoms with van der Waals surface area (Å²) in [5, 5.41) is 29.1. The molecule has 1 aliphatic heterocycles. The number of nitrogens with one attached hydrogen (secondary N) is 1. The van der Waals surface area contributed by atoms with Crippen LogP contribution in [0.25, 0.3) is 0 Å². The van der Waals surface area contributed by atoms with Crippen LogP contribution in [0.4, 0.5) is 0 Å². The Kier molecular flexibility index (Phi) is 4.42. The molecule has 0 amide bonds. The van der Waals surface area contributed by atoms with Gasteiger partial charge in [-0.3, -0.25) is 18.9 Å². The molecule has 6 N–H and O–H groups in total. The highest BCUT2D eigenvalue weighted by molar-refractivity contribution is 7.51. The Labute approximate surface area is 122 Å². The van der Waals surface area contributed by atoms with Crippen molar-refractivity contribution in [3.63, 3.8) is 0 Å². The fraction of sp³-hybridized carbons (Fsp3) is 0.600. The molecule has 1 aromatic rings. The molecule has 1 aromatic heterocycles. The Morgan fingerprint density at radius 2 is 2.00 bits per heavy atom. The Morgan fingerprint density at radius 1 is 1.36 bits per heavy atom. The van der Waals surface area contributed by atoms with Crippen molar-refractivity contribution in [1.82, 2.24) is 9.55 Å². The predicted molar refractivity (Wildman–Crippen MR) is 70.2 cm³/mol. The van der Waals surface area contributed by atoms with Crippen LogP contribution in [0.3, 0.4) is 0 Å². The lowest BCUT2D eigenvalue weighted by molar-refractivity contribution is -0.136. The van der Waals surface area contributed by atoms with E-state index in [1.54, 1.807) is 0 Å². The number of aliphatic hydroxyl groups excluding tert-OH is 3. The smallest absolute Gasteiger partial charge is 0.330 e. The summed E-state index contributed by atoms with van der Waals surface area (Å²) in [6.45, 7) is -0.751. The molecular weight excluding hydrogens is 323 g/mol. The lowest BCUT2D eigenvalue weighted by Crippen LogP contribution is -2.53. The molecule has 0 spiro atoms. The van der Waals surface area contributed by atoms with E-state index in [4.69, 9.17) is 9.84 Å². The van der Waals surface area contributed by atoms with Crippen molar-refractivity contribution in [2.24, 2.45) is 0 Å². The van der Waals surface area contributed by atoms with Crippen LogP contribution in [0, 0.1) is 0 Å². The molecule has 11 nitrogen and oxygen atoms in total. The number of nitrogens with zero attached hydrogens (tertiary/aromatic N) is 1. The minimum atomic E-state index is -4.81. The minimum absolute atomic E-state index is 0.580. The Balaban J connectivity index is 2.64. The molecule has 0 aromatic carbocycles. The lowest BCUT2D eigenvalue weighted by atomic mass is 10.0. The van der Waals surface area contributed by atoms with Crippen LogP contribution < -0.4 is 11.2 Å². The Morgan fingerprint density at radius 3 is 2.45 bits per heavy atom. The van der Waals surface area contributed by atoms with Gasteiger partial charge in [0.15, 0.2) is 5.72 Å². The largest absolute Gasteiger partial charge is 0.394 e. The van der Waals surface area contributed by atoms with Crippen LogP contribution in [0.1, 0.15) is 0 Å². The number of aromatic nitrogens is 2. The number of hydrogen-bond acceptors (Lipinski definition) is 7. The average molecular weight is 338 g/mol. The van der Waals surface area contributed by atoms with E-state index in [0.717, 1.165) is 12.3 Å². The second kappa shape index (κ2) is 5.70. The first-order valence-electron chi connectivity index (χ1n) is 6.12. The van der Waals surface area contributed by atoms with Crippen LogP contribution in [0.5, 0.6) is 0 Å². The summed E-state index contributed by atoms with van der Waals surface area (Å²) in [6, 6.07) is 0.886. The fourth-order valence-corrected chi connectivity index (χ4v) is 3.44. The standard InChI is InChI=1S/C10H15N2O9P/c13-3-5-7(15)8(16)10(21-5,4-22(18,19)20)12-2-1-6(14)11-9(12)17/h1-2,5,7-8,13,15-16H,3-4H2,(H,11,14,17)(H2,18,19,20)/t5-,7-,8+,10-/m1/s1. The molecule has 12 heteroatoms. The first-order chi connectivity index (χ1) is 10.1. The van der Waals surface area contributed by atoms with Crippen LogP contribution in [0.15, 0.2) is 21.9 Å². The van der Waals surface area contributed by atoms with E-state index in [2.05, 4.69) is 0 Å². The van der Waals surface area contributed by atoms with Gasteiger partial charge in [0.2, 0.25) is 0 Å². The van der Waals surface area contributed by atoms with Gasteiger partial charge in [0, 0.05) is 12.3 Å². The Bertz CT molecular complexity index is 709. The van der Waals surface area contributed by atoms with E-state index in [9.17, 15) is 34.2 Å². The van der Waals surface area contributed by atoms with Crippen molar-refractivity contribution in [3.8, 4) is 0 Å². The van der Waals surface area contributed by atoms with Gasteiger partial charge in [-0.2, -0.15) is 0 Å². The number of rotatable bonds is 4. The number of aromatic amines is 1. The van der Waals surface area contributed by atoms with E-state index in [1.807, 2.05) is 4.98 Å². The van der Waals surface area contributed by atoms with Crippen LogP contribution in [-0.4, -0.2) is 65.7 Å². The minimum Gasteiger partial charge on any atom is -0.394 e. The Hall–Kier alpha value is -1.33. The van der Waals surface area contributed by atoms with Crippen molar-refractivity contribution in [1.29, 1.82) is 0 Å². The zero-order valence-electron chi connectivity index (χ0n) is 11.1. The van der Waals surface area contributed by atoms with E-state index in [1.165, 1.54) is 0 Å². The summed E-state index contributed by atoms with van der Waals surface area (Å²) >= 11 is 0. The molecule has 1 saturated heterocycles. The van der Waals surface area contributed by atoms with Gasteiger partial charge in [0.25, 0.3) is 5.56 Å². The highest BCUT2D eigenvalue weighted by atomic mass is 31.2. The van der Waals surface area contributed by atoms with Crippen LogP contribution >= 0.6 is 7.60 Å². The van der Waals surface area contributed by atoms with Crippen LogP contribution in [0.2, 0.25) is 0 Å². The SMILES string of the molecule is O=c1ccn([C@]2(CP(=O)(O)O)O[C@H](CO)[C@@H](O)[C@@H]2O)c(=O)[nH]1. The molecule has 124 valence electrons. The third kappa shape index (κ3) is 2.92. The number of aliphatic hydroxyl groups is 3. The number of ether oxygens (including phenoxy) is 1. The molecule has 0 aliphatic carbocycles. The van der Waals surface area contributed by atoms with E-state index in [-0.39, 0.29) is 0 Å². The maximum atomic E-state index is 11.9. The monoisotopic (exact) mass is 338 g/mol. The van der Waals surface area contributed by atoms with Crippen molar-refractivity contribution in [2.75, 3.05) is 12.8 Å². The van der Waals surface area contributed by atoms with E-state index < -0.39 is 55.7 Å². The van der Waals surface area contributed by atoms with Gasteiger partial charge in [-0.1, -0.05) is 0 Å². The summed E-state index contributed by atoms with van der Waals surface area (Å²) in [5.41, 5.74) is -4.18. The summed E-state index contributed by atoms with van der Waals surface area (Å²) in [6.07, 6.45) is -5.22. The average Bonchev–Trinajstić information content (AvgIpc) is 2.62. The quantitative estimate of drug-likeness (QED) is 0.303. The first kappa shape index (κ1) is 17.0. The van der Waals surface area contributed by atoms with E-state index >= 15 is 0 Å². The molecule has 0 unspecified atom stereocenters. The van der Waals surface area contributed by atoms with E-state index in [0.29, 0.717) is 4.57 Å². The summed E-state index contributed by atoms with van der Waals surface area (Å²) < 4.78 is 17.1. The maximum absolute atomic E-state index is 11.9. The van der Waals surface area contributed by atoms with Crippen LogP contribution in [-0.2, 0) is 15.0 Å². The zero-order valence-corrected chi connectivity index (χ0v) is 12.0. The summed E-state index contributed by atoms with van der Waals surface area (Å²) in [4.78, 5) is 43.2. The molecule has 0 saturated carbocycles. The first-order valence-corrected chi connectivity index (χ1v) is 7.92. The number of H-pyrrole nitrogens is 1. The highest BCUT2D eigenvalue weighted by Crippen LogP contribution is 2.46. The lowest BCUT2D eigenvalue weighted by Gasteiger charge is -2.33. The fourth-order valence-electron chi connectivity index (χ4n) is 2.43. The summed E-state index contributed by atoms with van der Waals surface area (Å²) in [5.74, 6) is 0. The van der Waals surface area contributed by atoms with Gasteiger partial charge >= 0.3 is 13.3 Å². The topological polar surface area (TPSA) is 182 Å². The molecule has 4 atom stereocenters. The molecule has 1 aliphatic rings. The third-order valence-corrected chi connectivity index (χ3v) is 4.23. The maximum Gasteiger partial charge on any atom is 0.330 e. The van der Waals surface area contributed by atoms with Gasteiger partial charge in [-0.15, -0.1) is 0 Å². The highest BCUT2D eigenvalue weighted by Gasteiger charge is 2.58. The van der Waals surface area contributed by atoms with Gasteiger partial charge < -0.3 is 29.8 Å². The molecular formula is C10H15N2O9P. The number of hydrogen-bond donors (Lipinski definition) is 6. The van der Waals surface area contributed by atoms with Gasteiger partial charge in [0.05, 0.1) is 6.61 Å². The molecule has 22 heavy (non-hydrogen) atoms. The van der Waals surface area contributed by atoms with Crippen molar-refractivity contribution < 1.29 is 34.4 Å². The molecule has 1 fully saturated rings.